The molecule has 0 bridgehead atoms. The van der Waals surface area contributed by atoms with Crippen LogP contribution in [0.4, 0.5) is 13.2 Å². The molecule has 0 saturated heterocycles. The number of alkyl halides is 3. The van der Waals surface area contributed by atoms with Gasteiger partial charge < -0.3 is 10.4 Å². The van der Waals surface area contributed by atoms with Crippen LogP contribution in [0.15, 0.2) is 109 Å². The van der Waals surface area contributed by atoms with Crippen molar-refractivity contribution in [1.29, 1.82) is 0 Å². The van der Waals surface area contributed by atoms with Crippen LogP contribution in [-0.4, -0.2) is 22.6 Å². The molecular formula is C34H25F3N2O2. The summed E-state index contributed by atoms with van der Waals surface area (Å²) in [6.45, 7) is -0.115. The van der Waals surface area contributed by atoms with E-state index in [4.69, 9.17) is 0 Å². The van der Waals surface area contributed by atoms with E-state index in [0.717, 1.165) is 50.0 Å². The van der Waals surface area contributed by atoms with Crippen molar-refractivity contribution in [2.24, 2.45) is 0 Å². The highest BCUT2D eigenvalue weighted by atomic mass is 19.4. The van der Waals surface area contributed by atoms with Crippen LogP contribution in [0.2, 0.25) is 0 Å². The standard InChI is InChI=1S/C34H25F3N2O2/c35-34(36,37)27-11-8-21(9-12-27)32-28-13-10-24(33(41)39-31(14-16-40)30-7-3-4-15-38-30)18-25(28)19-26-17-22-5-1-2-6-23(22)20-29(26)32/h1-13,15,17-20,31,40H,14,16H2,(H,39,41). The molecule has 0 aliphatic heterocycles. The van der Waals surface area contributed by atoms with Gasteiger partial charge in [0.2, 0.25) is 0 Å². The van der Waals surface area contributed by atoms with E-state index in [0.29, 0.717) is 23.2 Å². The molecule has 1 heterocycles. The highest BCUT2D eigenvalue weighted by molar-refractivity contribution is 6.16. The summed E-state index contributed by atoms with van der Waals surface area (Å²) in [5, 5.41) is 18.0. The van der Waals surface area contributed by atoms with Crippen molar-refractivity contribution in [3.63, 3.8) is 0 Å². The zero-order valence-corrected chi connectivity index (χ0v) is 21.8. The zero-order chi connectivity index (χ0) is 28.6. The number of amides is 1. The van der Waals surface area contributed by atoms with Crippen molar-refractivity contribution in [2.45, 2.75) is 18.6 Å². The SMILES string of the molecule is O=C(NC(CCO)c1ccccn1)c1ccc2c(-c3ccc(C(F)(F)F)cc3)c3cc4ccccc4cc3cc2c1. The van der Waals surface area contributed by atoms with E-state index in [-0.39, 0.29) is 12.5 Å². The topological polar surface area (TPSA) is 62.2 Å². The maximum atomic E-state index is 13.3. The third-order valence-electron chi connectivity index (χ3n) is 7.35. The molecule has 4 nitrogen and oxygen atoms in total. The fourth-order valence-electron chi connectivity index (χ4n) is 5.34. The Morgan fingerprint density at radius 2 is 1.46 bits per heavy atom. The van der Waals surface area contributed by atoms with Gasteiger partial charge >= 0.3 is 6.18 Å². The molecule has 1 atom stereocenters. The number of aliphatic hydroxyl groups excluding tert-OH is 1. The van der Waals surface area contributed by atoms with E-state index in [1.54, 1.807) is 30.5 Å². The average Bonchev–Trinajstić information content (AvgIpc) is 2.98. The number of nitrogens with one attached hydrogen (secondary N) is 1. The normalized spacial score (nSPS) is 12.6. The third-order valence-corrected chi connectivity index (χ3v) is 7.35. The highest BCUT2D eigenvalue weighted by Gasteiger charge is 2.30. The first-order chi connectivity index (χ1) is 19.8. The quantitative estimate of drug-likeness (QED) is 0.206. The maximum absolute atomic E-state index is 13.3. The van der Waals surface area contributed by atoms with Gasteiger partial charge in [0.05, 0.1) is 17.3 Å². The van der Waals surface area contributed by atoms with E-state index < -0.39 is 17.8 Å². The van der Waals surface area contributed by atoms with Crippen LogP contribution in [-0.2, 0) is 6.18 Å². The summed E-state index contributed by atoms with van der Waals surface area (Å²) in [7, 11) is 0. The summed E-state index contributed by atoms with van der Waals surface area (Å²) in [4.78, 5) is 17.7. The van der Waals surface area contributed by atoms with E-state index in [9.17, 15) is 23.1 Å². The lowest BCUT2D eigenvalue weighted by molar-refractivity contribution is -0.137. The van der Waals surface area contributed by atoms with Gasteiger partial charge in [-0.25, -0.2) is 0 Å². The smallest absolute Gasteiger partial charge is 0.396 e. The van der Waals surface area contributed by atoms with Gasteiger partial charge in [0, 0.05) is 18.4 Å². The van der Waals surface area contributed by atoms with E-state index in [2.05, 4.69) is 22.4 Å². The molecule has 0 aliphatic rings. The van der Waals surface area contributed by atoms with Gasteiger partial charge in [-0.2, -0.15) is 13.2 Å². The molecule has 0 spiro atoms. The van der Waals surface area contributed by atoms with Gasteiger partial charge in [-0.15, -0.1) is 0 Å². The van der Waals surface area contributed by atoms with Crippen LogP contribution < -0.4 is 5.32 Å². The summed E-state index contributed by atoms with van der Waals surface area (Å²) >= 11 is 0. The molecule has 7 heteroatoms. The average molecular weight is 551 g/mol. The number of carbonyl (C=O) groups is 1. The minimum atomic E-state index is -4.43. The number of carbonyl (C=O) groups excluding carboxylic acids is 1. The number of hydrogen-bond donors (Lipinski definition) is 2. The number of rotatable bonds is 6. The number of aromatic nitrogens is 1. The number of benzene rings is 5. The largest absolute Gasteiger partial charge is 0.416 e. The summed E-state index contributed by atoms with van der Waals surface area (Å²) in [5.41, 5.74) is 1.82. The number of aliphatic hydroxyl groups is 1. The van der Waals surface area contributed by atoms with Crippen molar-refractivity contribution in [3.8, 4) is 11.1 Å². The number of nitrogens with zero attached hydrogens (tertiary/aromatic N) is 1. The second kappa shape index (κ2) is 10.7. The Morgan fingerprint density at radius 1 is 0.780 bits per heavy atom. The molecule has 5 aromatic carbocycles. The van der Waals surface area contributed by atoms with Crippen molar-refractivity contribution < 1.29 is 23.1 Å². The molecule has 1 unspecified atom stereocenters. The Hall–Kier alpha value is -4.75. The summed E-state index contributed by atoms with van der Waals surface area (Å²) in [5.74, 6) is -0.314. The minimum Gasteiger partial charge on any atom is -0.396 e. The zero-order valence-electron chi connectivity index (χ0n) is 21.8. The molecule has 6 rings (SSSR count). The number of fused-ring (bicyclic) bond motifs is 3. The Balaban J connectivity index is 1.49. The third kappa shape index (κ3) is 5.24. The van der Waals surface area contributed by atoms with Crippen molar-refractivity contribution in [2.75, 3.05) is 6.61 Å². The summed E-state index contributed by atoms with van der Waals surface area (Å²) < 4.78 is 39.9. The molecule has 2 N–H and O–H groups in total. The molecule has 0 saturated carbocycles. The molecule has 204 valence electrons. The molecule has 0 radical (unpaired) electrons. The van der Waals surface area contributed by atoms with Gasteiger partial charge in [0.25, 0.3) is 5.91 Å². The molecule has 41 heavy (non-hydrogen) atoms. The van der Waals surface area contributed by atoms with Crippen LogP contribution in [0, 0.1) is 0 Å². The second-order valence-electron chi connectivity index (χ2n) is 9.98. The Labute approximate surface area is 234 Å². The van der Waals surface area contributed by atoms with Crippen LogP contribution >= 0.6 is 0 Å². The van der Waals surface area contributed by atoms with Crippen LogP contribution in [0.25, 0.3) is 43.4 Å². The predicted molar refractivity (Wildman–Crippen MR) is 156 cm³/mol. The van der Waals surface area contributed by atoms with E-state index >= 15 is 0 Å². The van der Waals surface area contributed by atoms with Crippen LogP contribution in [0.1, 0.15) is 34.1 Å². The number of pyridine rings is 1. The lowest BCUT2D eigenvalue weighted by atomic mass is 9.89. The molecule has 6 aromatic rings. The highest BCUT2D eigenvalue weighted by Crippen LogP contribution is 2.40. The van der Waals surface area contributed by atoms with Crippen LogP contribution in [0.5, 0.6) is 0 Å². The van der Waals surface area contributed by atoms with Gasteiger partial charge in [0.15, 0.2) is 0 Å². The lowest BCUT2D eigenvalue weighted by Gasteiger charge is -2.18. The van der Waals surface area contributed by atoms with Crippen molar-refractivity contribution >= 4 is 38.2 Å². The lowest BCUT2D eigenvalue weighted by Crippen LogP contribution is -2.29. The Morgan fingerprint density at radius 3 is 2.15 bits per heavy atom. The van der Waals surface area contributed by atoms with Crippen molar-refractivity contribution in [3.05, 3.63) is 126 Å². The fraction of sp³-hybridized carbons (Fsp3) is 0.118. The van der Waals surface area contributed by atoms with Crippen LogP contribution in [0.3, 0.4) is 0 Å². The second-order valence-corrected chi connectivity index (χ2v) is 9.98. The fourth-order valence-corrected chi connectivity index (χ4v) is 5.34. The molecule has 1 aromatic heterocycles. The summed E-state index contributed by atoms with van der Waals surface area (Å²) in [6.07, 6.45) is -2.48. The maximum Gasteiger partial charge on any atom is 0.416 e. The van der Waals surface area contributed by atoms with Gasteiger partial charge in [-0.3, -0.25) is 9.78 Å². The molecule has 0 aliphatic carbocycles. The van der Waals surface area contributed by atoms with Crippen molar-refractivity contribution in [1.82, 2.24) is 10.3 Å². The predicted octanol–water partition coefficient (Wildman–Crippen LogP) is 8.08. The first-order valence-electron chi connectivity index (χ1n) is 13.2. The Kier molecular flexibility index (Phi) is 6.89. The first kappa shape index (κ1) is 26.5. The number of hydrogen-bond acceptors (Lipinski definition) is 3. The number of halogens is 3. The van der Waals surface area contributed by atoms with E-state index in [1.165, 1.54) is 12.1 Å². The summed E-state index contributed by atoms with van der Waals surface area (Å²) in [6, 6.07) is 29.5. The first-order valence-corrected chi connectivity index (χ1v) is 13.2. The van der Waals surface area contributed by atoms with Gasteiger partial charge in [0.1, 0.15) is 0 Å². The monoisotopic (exact) mass is 550 g/mol. The van der Waals surface area contributed by atoms with E-state index in [1.807, 2.05) is 42.5 Å². The van der Waals surface area contributed by atoms with Gasteiger partial charge in [-0.1, -0.05) is 48.5 Å². The Bertz CT molecular complexity index is 1890. The van der Waals surface area contributed by atoms with Gasteiger partial charge in [-0.05, 0) is 104 Å². The molecule has 1 amide bonds. The molecular weight excluding hydrogens is 525 g/mol. The minimum absolute atomic E-state index is 0.115. The molecule has 0 fully saturated rings.